The third kappa shape index (κ3) is 7.57. The highest BCUT2D eigenvalue weighted by Gasteiger charge is 2.75. The number of anilines is 1. The second-order valence-electron chi connectivity index (χ2n) is 19.0. The average Bonchev–Trinajstić information content (AvgIpc) is 3.82. The van der Waals surface area contributed by atoms with Crippen LogP contribution in [0, 0.1) is 35.0 Å². The molecule has 2 N–H and O–H groups in total. The number of methoxy groups -OCH3 is 1. The van der Waals surface area contributed by atoms with Crippen molar-refractivity contribution >= 4 is 45.7 Å². The first-order chi connectivity index (χ1) is 29.5. The Labute approximate surface area is 365 Å². The lowest BCUT2D eigenvalue weighted by molar-refractivity contribution is -0.156. The van der Waals surface area contributed by atoms with E-state index in [1.165, 1.54) is 11.3 Å². The zero-order chi connectivity index (χ0) is 44.0. The number of aryl methyl sites for hydroxylation is 1. The van der Waals surface area contributed by atoms with E-state index < -0.39 is 47.1 Å². The maximum absolute atomic E-state index is 15.4. The summed E-state index contributed by atoms with van der Waals surface area (Å²) >= 11 is 1.38. The third-order valence-corrected chi connectivity index (χ3v) is 15.2. The van der Waals surface area contributed by atoms with E-state index in [0.717, 1.165) is 81.6 Å². The molecule has 2 aliphatic carbocycles. The van der Waals surface area contributed by atoms with Crippen molar-refractivity contribution in [3.63, 3.8) is 0 Å². The van der Waals surface area contributed by atoms with E-state index in [4.69, 9.17) is 19.4 Å². The van der Waals surface area contributed by atoms with Crippen LogP contribution in [0.25, 0.3) is 33.4 Å². The van der Waals surface area contributed by atoms with E-state index in [2.05, 4.69) is 63.3 Å². The van der Waals surface area contributed by atoms with Crippen molar-refractivity contribution in [2.24, 2.45) is 35.0 Å². The summed E-state index contributed by atoms with van der Waals surface area (Å²) in [5.41, 5.74) is 9.63. The second-order valence-corrected chi connectivity index (χ2v) is 20.0. The van der Waals surface area contributed by atoms with E-state index in [-0.39, 0.29) is 49.3 Å². The Hall–Kier alpha value is -4.51. The summed E-state index contributed by atoms with van der Waals surface area (Å²) in [6.45, 7) is 16.1. The van der Waals surface area contributed by atoms with Crippen molar-refractivity contribution in [1.82, 2.24) is 35.2 Å². The number of ether oxygens (including phenoxy) is 2. The Kier molecular flexibility index (Phi) is 11.0. The fraction of sp³-hybridized carbons (Fsp3) is 0.587. The molecule has 6 heterocycles. The van der Waals surface area contributed by atoms with E-state index in [1.54, 1.807) is 7.11 Å². The third-order valence-electron chi connectivity index (χ3n) is 14.3. The summed E-state index contributed by atoms with van der Waals surface area (Å²) < 4.78 is 45.1. The number of cyclic esters (lactones) is 1. The highest BCUT2D eigenvalue weighted by molar-refractivity contribution is 7.10. The monoisotopic (exact) mass is 872 g/mol. The van der Waals surface area contributed by atoms with Gasteiger partial charge in [0.25, 0.3) is 11.8 Å². The first-order valence-electron chi connectivity index (χ1n) is 22.0. The number of likely N-dealkylation sites (N-methyl/N-ethyl adjacent to an activating group) is 1. The molecule has 1 unspecified atom stereocenters. The number of nitrogens with zero attached hydrogens (tertiary/aromatic N) is 6. The van der Waals surface area contributed by atoms with Crippen LogP contribution in [0.3, 0.4) is 0 Å². The van der Waals surface area contributed by atoms with Gasteiger partial charge in [-0.25, -0.2) is 19.2 Å². The molecule has 1 aromatic carbocycles. The summed E-state index contributed by atoms with van der Waals surface area (Å²) in [6.07, 6.45) is 2.15. The number of esters is 1. The van der Waals surface area contributed by atoms with Gasteiger partial charge in [-0.2, -0.15) is 0 Å². The van der Waals surface area contributed by atoms with Crippen LogP contribution in [-0.2, 0) is 43.2 Å². The van der Waals surface area contributed by atoms with Crippen molar-refractivity contribution in [2.45, 2.75) is 85.0 Å². The number of benzene rings is 1. The van der Waals surface area contributed by atoms with Crippen molar-refractivity contribution in [1.29, 1.82) is 0 Å². The zero-order valence-corrected chi connectivity index (χ0v) is 37.7. The fourth-order valence-electron chi connectivity index (χ4n) is 10.1. The number of alkyl halides is 2. The first-order valence-corrected chi connectivity index (χ1v) is 22.9. The molecule has 0 spiro atoms. The number of pyridine rings is 1. The van der Waals surface area contributed by atoms with E-state index in [1.807, 2.05) is 46.2 Å². The van der Waals surface area contributed by atoms with E-state index >= 15 is 8.78 Å². The SMILES string of the molecule is CCn1c(-c2cc(N3CCN(C)CC3)cnc2[C@H](C)OC)c2c3cc(ccc31)-c1csc(n1)C[C@H](NC(=O)C1[C@@H](C)[C@H]1C)C(=O)N1C[C@@H]3[C@H]([C@H](N1)C(=O)OCC(C)(C)C2)C3(F)F. The number of piperazine rings is 1. The van der Waals surface area contributed by atoms with Crippen LogP contribution in [0.5, 0.6) is 0 Å². The van der Waals surface area contributed by atoms with Gasteiger partial charge in [-0.1, -0.05) is 33.8 Å². The van der Waals surface area contributed by atoms with Crippen molar-refractivity contribution < 1.29 is 32.6 Å². The molecule has 2 saturated heterocycles. The number of rotatable bonds is 7. The minimum Gasteiger partial charge on any atom is -0.464 e. The molecule has 4 fully saturated rings. The summed E-state index contributed by atoms with van der Waals surface area (Å²) in [5.74, 6) is -7.32. The highest BCUT2D eigenvalue weighted by atomic mass is 32.1. The van der Waals surface area contributed by atoms with Gasteiger partial charge in [-0.15, -0.1) is 11.3 Å². The highest BCUT2D eigenvalue weighted by Crippen LogP contribution is 2.59. The second kappa shape index (κ2) is 15.9. The van der Waals surface area contributed by atoms with Crippen LogP contribution in [-0.4, -0.2) is 114 Å². The first kappa shape index (κ1) is 42.8. The molecule has 0 radical (unpaired) electrons. The Morgan fingerprint density at radius 1 is 1.13 bits per heavy atom. The standard InChI is InChI=1S/C46H58F2N8O5S/c1-9-55-35-11-10-27-16-29(35)31(41(55)30-17-28(20-49-39(30)26(4)60-8)54-14-12-53(7)13-15-54)19-45(5,6)23-61-44(59)40-38-32(46(38,47)48)21-56(52-40)43(58)33(18-36-50-34(27)22-62-36)51-42(57)37-24(2)25(37)3/h10-11,16-17,20,22,24-26,32-33,37-38,40,52H,9,12-15,18-19,21,23H2,1-8H3,(H,51,57)/t24-,25+,26-,32+,33-,37?,38+,40-/m0/s1. The number of thiazole rings is 1. The van der Waals surface area contributed by atoms with Gasteiger partial charge in [-0.05, 0) is 62.9 Å². The Morgan fingerprint density at radius 2 is 1.87 bits per heavy atom. The lowest BCUT2D eigenvalue weighted by atomic mass is 9.84. The molecule has 62 heavy (non-hydrogen) atoms. The van der Waals surface area contributed by atoms with Gasteiger partial charge >= 0.3 is 5.97 Å². The minimum atomic E-state index is -3.17. The van der Waals surface area contributed by atoms with Crippen molar-refractivity contribution in [3.8, 4) is 22.5 Å². The van der Waals surface area contributed by atoms with Crippen LogP contribution in [0.4, 0.5) is 14.5 Å². The number of hydrogen-bond acceptors (Lipinski definition) is 11. The van der Waals surface area contributed by atoms with Gasteiger partial charge < -0.3 is 29.2 Å². The predicted octanol–water partition coefficient (Wildman–Crippen LogP) is 5.96. The Bertz CT molecular complexity index is 2400. The number of aromatic nitrogens is 3. The molecule has 5 aliphatic rings. The number of halogens is 2. The number of fused-ring (bicyclic) bond motifs is 8. The molecule has 8 atom stereocenters. The normalized spacial score (nSPS) is 28.8. The number of carbonyl (C=O) groups excluding carboxylic acids is 3. The molecule has 2 amide bonds. The topological polar surface area (TPSA) is 134 Å². The molecule has 4 aromatic rings. The molecule has 3 aromatic heterocycles. The predicted molar refractivity (Wildman–Crippen MR) is 234 cm³/mol. The van der Waals surface area contributed by atoms with E-state index in [9.17, 15) is 14.4 Å². The summed E-state index contributed by atoms with van der Waals surface area (Å²) in [7, 11) is 3.82. The van der Waals surface area contributed by atoms with Gasteiger partial charge in [0.1, 0.15) is 12.1 Å². The molecule has 16 heteroatoms. The van der Waals surface area contributed by atoms with Crippen LogP contribution in [0.1, 0.15) is 63.9 Å². The smallest absolute Gasteiger partial charge is 0.325 e. The molecule has 13 nitrogen and oxygen atoms in total. The number of hydrazine groups is 1. The lowest BCUT2D eigenvalue weighted by Gasteiger charge is -2.34. The Morgan fingerprint density at radius 3 is 2.56 bits per heavy atom. The van der Waals surface area contributed by atoms with Gasteiger partial charge in [-0.3, -0.25) is 24.4 Å². The van der Waals surface area contributed by atoms with Gasteiger partial charge in [0.05, 0.1) is 58.5 Å². The van der Waals surface area contributed by atoms with Crippen LogP contribution < -0.4 is 15.6 Å². The maximum atomic E-state index is 15.4. The quantitative estimate of drug-likeness (QED) is 0.215. The average molecular weight is 873 g/mol. The maximum Gasteiger partial charge on any atom is 0.325 e. The number of hydrogen-bond donors (Lipinski definition) is 2. The molecular weight excluding hydrogens is 815 g/mol. The summed E-state index contributed by atoms with van der Waals surface area (Å²) in [4.78, 5) is 56.7. The number of amides is 2. The largest absolute Gasteiger partial charge is 0.464 e. The number of nitrogens with one attached hydrogen (secondary N) is 2. The summed E-state index contributed by atoms with van der Waals surface area (Å²) in [5, 5.41) is 7.63. The minimum absolute atomic E-state index is 0.0532. The van der Waals surface area contributed by atoms with Gasteiger partial charge in [0.2, 0.25) is 5.91 Å². The molecule has 2 saturated carbocycles. The zero-order valence-electron chi connectivity index (χ0n) is 36.8. The molecule has 6 bridgehead atoms. The van der Waals surface area contributed by atoms with Gasteiger partial charge in [0, 0.05) is 91.5 Å². The summed E-state index contributed by atoms with van der Waals surface area (Å²) in [6, 6.07) is 6.04. The van der Waals surface area contributed by atoms with Crippen molar-refractivity contribution in [3.05, 3.63) is 52.1 Å². The Balaban J connectivity index is 1.18. The van der Waals surface area contributed by atoms with Crippen LogP contribution in [0.15, 0.2) is 35.8 Å². The number of carbonyl (C=O) groups is 3. The molecule has 3 aliphatic heterocycles. The van der Waals surface area contributed by atoms with Crippen LogP contribution in [0.2, 0.25) is 0 Å². The van der Waals surface area contributed by atoms with Gasteiger partial charge in [0.15, 0.2) is 0 Å². The van der Waals surface area contributed by atoms with Crippen LogP contribution >= 0.6 is 11.3 Å². The van der Waals surface area contributed by atoms with Crippen molar-refractivity contribution in [2.75, 3.05) is 58.4 Å². The fourth-order valence-corrected chi connectivity index (χ4v) is 10.9. The lowest BCUT2D eigenvalue weighted by Crippen LogP contribution is -2.61. The molecule has 332 valence electrons. The molecule has 9 rings (SSSR count). The molecular formula is C46H58F2N8O5S. The van der Waals surface area contributed by atoms with E-state index in [0.29, 0.717) is 18.0 Å².